The van der Waals surface area contributed by atoms with Crippen LogP contribution in [0, 0.1) is 24.7 Å². The first-order chi connectivity index (χ1) is 18.7. The van der Waals surface area contributed by atoms with E-state index in [1.54, 1.807) is 6.08 Å². The van der Waals surface area contributed by atoms with Crippen LogP contribution in [0.25, 0.3) is 0 Å². The molecule has 0 radical (unpaired) electrons. The van der Waals surface area contributed by atoms with E-state index in [1.807, 2.05) is 20.0 Å². The molecule has 3 saturated carbocycles. The SMILES string of the molecule is C=C/C(N)=C(/C)N(C)/C(=C\C(=C)C(=C)NCc1ccc(C)c(C)c1)C(=C)NC(C)C12CCC(C(=C)C)(CC1)CC2. The molecule has 40 heavy (non-hydrogen) atoms. The highest BCUT2D eigenvalue weighted by molar-refractivity contribution is 5.43. The van der Waals surface area contributed by atoms with Crippen LogP contribution < -0.4 is 16.4 Å². The summed E-state index contributed by atoms with van der Waals surface area (Å²) in [5.74, 6) is 0. The van der Waals surface area contributed by atoms with Crippen molar-refractivity contribution in [1.82, 2.24) is 15.5 Å². The minimum atomic E-state index is 0.281. The molecule has 4 rings (SSSR count). The average Bonchev–Trinajstić information content (AvgIpc) is 2.95. The molecule has 0 aliphatic heterocycles. The van der Waals surface area contributed by atoms with Gasteiger partial charge in [-0.2, -0.15) is 0 Å². The van der Waals surface area contributed by atoms with E-state index in [2.05, 4.69) is 94.3 Å². The molecule has 3 aliphatic rings. The zero-order chi connectivity index (χ0) is 29.8. The lowest BCUT2D eigenvalue weighted by molar-refractivity contribution is -0.00678. The standard InChI is InChI=1S/C36H52N4/c1-12-33(37)30(9)40(11)34(22-27(6)28(7)38-23-32-14-13-25(4)26(5)21-32)29(8)39-31(10)36-18-15-35(16-19-36,17-20-36)24(2)3/h12-14,21-22,31,38-39H,1-2,6-8,15-20,23,37H2,3-5,9-11H3/b33-30+,34-22-. The summed E-state index contributed by atoms with van der Waals surface area (Å²) in [6, 6.07) is 6.81. The molecule has 0 heterocycles. The molecule has 3 fully saturated rings. The fraction of sp³-hybridized carbons (Fsp3) is 0.444. The van der Waals surface area contributed by atoms with Crippen LogP contribution >= 0.6 is 0 Å². The van der Waals surface area contributed by atoms with Gasteiger partial charge in [0, 0.05) is 31.0 Å². The highest BCUT2D eigenvalue weighted by Crippen LogP contribution is 2.60. The average molecular weight is 541 g/mol. The second kappa shape index (κ2) is 12.4. The number of hydrogen-bond donors (Lipinski definition) is 3. The Kier molecular flexibility index (Phi) is 9.66. The van der Waals surface area contributed by atoms with E-state index in [1.165, 1.54) is 60.8 Å². The van der Waals surface area contributed by atoms with Crippen molar-refractivity contribution in [3.8, 4) is 0 Å². The molecule has 0 aromatic heterocycles. The molecule has 4 N–H and O–H groups in total. The van der Waals surface area contributed by atoms with Crippen molar-refractivity contribution in [2.75, 3.05) is 7.05 Å². The summed E-state index contributed by atoms with van der Waals surface area (Å²) in [5, 5.41) is 7.26. The number of nitrogens with two attached hydrogens (primary N) is 1. The summed E-state index contributed by atoms with van der Waals surface area (Å²) in [7, 11) is 2.01. The summed E-state index contributed by atoms with van der Waals surface area (Å²) in [5.41, 5.74) is 16.9. The fourth-order valence-electron chi connectivity index (χ4n) is 6.39. The Labute approximate surface area is 244 Å². The maximum Gasteiger partial charge on any atom is 0.0642 e. The van der Waals surface area contributed by atoms with Crippen LogP contribution in [0.5, 0.6) is 0 Å². The number of nitrogens with one attached hydrogen (secondary N) is 2. The molecule has 0 amide bonds. The lowest BCUT2D eigenvalue weighted by Gasteiger charge is -2.56. The summed E-state index contributed by atoms with van der Waals surface area (Å²) >= 11 is 0. The molecule has 1 unspecified atom stereocenters. The van der Waals surface area contributed by atoms with Gasteiger partial charge >= 0.3 is 0 Å². The van der Waals surface area contributed by atoms with Crippen LogP contribution in [-0.4, -0.2) is 18.0 Å². The summed E-state index contributed by atoms with van der Waals surface area (Å²) in [6.07, 6.45) is 11.1. The number of rotatable bonds is 13. The lowest BCUT2D eigenvalue weighted by atomic mass is 9.50. The van der Waals surface area contributed by atoms with Gasteiger partial charge in [0.2, 0.25) is 0 Å². The molecule has 4 heteroatoms. The van der Waals surface area contributed by atoms with Crippen molar-refractivity contribution in [1.29, 1.82) is 0 Å². The third-order valence-corrected chi connectivity index (χ3v) is 10.1. The Balaban J connectivity index is 1.79. The molecule has 1 atom stereocenters. The number of allylic oxidation sites excluding steroid dienone is 4. The first-order valence-corrected chi connectivity index (χ1v) is 14.6. The molecule has 0 spiro atoms. The number of aryl methyl sites for hydroxylation is 2. The maximum atomic E-state index is 6.27. The Morgan fingerprint density at radius 2 is 1.60 bits per heavy atom. The largest absolute Gasteiger partial charge is 0.397 e. The van der Waals surface area contributed by atoms with Crippen molar-refractivity contribution >= 4 is 0 Å². The molecule has 1 aromatic rings. The van der Waals surface area contributed by atoms with E-state index in [9.17, 15) is 0 Å². The molecule has 3 aliphatic carbocycles. The number of hydrogen-bond acceptors (Lipinski definition) is 4. The van der Waals surface area contributed by atoms with Crippen LogP contribution in [0.15, 0.2) is 103 Å². The zero-order valence-electron chi connectivity index (χ0n) is 26.0. The highest BCUT2D eigenvalue weighted by Gasteiger charge is 2.51. The quantitative estimate of drug-likeness (QED) is 0.175. The number of nitrogens with zero attached hydrogens (tertiary/aromatic N) is 1. The van der Waals surface area contributed by atoms with E-state index in [0.29, 0.717) is 23.7 Å². The summed E-state index contributed by atoms with van der Waals surface area (Å²) in [6.45, 7) is 32.8. The lowest BCUT2D eigenvalue weighted by Crippen LogP contribution is -2.51. The van der Waals surface area contributed by atoms with Gasteiger partial charge in [0.25, 0.3) is 0 Å². The molecule has 4 nitrogen and oxygen atoms in total. The second-order valence-corrected chi connectivity index (χ2v) is 12.4. The number of benzene rings is 1. The maximum absolute atomic E-state index is 6.27. The first kappa shape index (κ1) is 31.1. The minimum absolute atomic E-state index is 0.281. The monoisotopic (exact) mass is 540 g/mol. The Hall–Kier alpha value is -3.40. The predicted molar refractivity (Wildman–Crippen MR) is 173 cm³/mol. The van der Waals surface area contributed by atoms with E-state index in [-0.39, 0.29) is 5.41 Å². The van der Waals surface area contributed by atoms with Gasteiger partial charge in [-0.1, -0.05) is 56.7 Å². The molecule has 0 saturated heterocycles. The normalized spacial score (nSPS) is 23.5. The van der Waals surface area contributed by atoms with Crippen molar-refractivity contribution in [3.05, 3.63) is 120 Å². The minimum Gasteiger partial charge on any atom is -0.397 e. The van der Waals surface area contributed by atoms with Crippen molar-refractivity contribution in [2.24, 2.45) is 16.6 Å². The second-order valence-electron chi connectivity index (χ2n) is 12.4. The van der Waals surface area contributed by atoms with Gasteiger partial charge < -0.3 is 21.3 Å². The fourth-order valence-corrected chi connectivity index (χ4v) is 6.39. The first-order valence-electron chi connectivity index (χ1n) is 14.6. The van der Waals surface area contributed by atoms with Gasteiger partial charge in [0.15, 0.2) is 0 Å². The molecular weight excluding hydrogens is 488 g/mol. The van der Waals surface area contributed by atoms with E-state index < -0.39 is 0 Å². The van der Waals surface area contributed by atoms with Gasteiger partial charge in [0.1, 0.15) is 0 Å². The Bertz CT molecular complexity index is 1230. The molecule has 216 valence electrons. The number of likely N-dealkylation sites (N-methyl/N-ethyl adjacent to an activating group) is 1. The Morgan fingerprint density at radius 3 is 2.12 bits per heavy atom. The molecule has 2 bridgehead atoms. The van der Waals surface area contributed by atoms with Crippen LogP contribution in [0.1, 0.15) is 76.0 Å². The van der Waals surface area contributed by atoms with Crippen molar-refractivity contribution in [2.45, 2.75) is 85.7 Å². The topological polar surface area (TPSA) is 53.3 Å². The smallest absolute Gasteiger partial charge is 0.0642 e. The third kappa shape index (κ3) is 6.49. The predicted octanol–water partition coefficient (Wildman–Crippen LogP) is 8.06. The Morgan fingerprint density at radius 1 is 1.00 bits per heavy atom. The third-order valence-electron chi connectivity index (χ3n) is 10.1. The van der Waals surface area contributed by atoms with Crippen LogP contribution in [-0.2, 0) is 6.54 Å². The summed E-state index contributed by atoms with van der Waals surface area (Å²) < 4.78 is 0. The highest BCUT2D eigenvalue weighted by atomic mass is 15.2. The molecule has 1 aromatic carbocycles. The van der Waals surface area contributed by atoms with Gasteiger partial charge in [-0.05, 0) is 118 Å². The van der Waals surface area contributed by atoms with Crippen LogP contribution in [0.4, 0.5) is 0 Å². The van der Waals surface area contributed by atoms with Gasteiger partial charge in [-0.25, -0.2) is 0 Å². The van der Waals surface area contributed by atoms with Crippen LogP contribution in [0.2, 0.25) is 0 Å². The van der Waals surface area contributed by atoms with E-state index >= 15 is 0 Å². The van der Waals surface area contributed by atoms with Gasteiger partial charge in [-0.15, -0.1) is 0 Å². The number of fused-ring (bicyclic) bond motifs is 3. The van der Waals surface area contributed by atoms with E-state index in [4.69, 9.17) is 5.73 Å². The van der Waals surface area contributed by atoms with Crippen molar-refractivity contribution in [3.63, 3.8) is 0 Å². The zero-order valence-corrected chi connectivity index (χ0v) is 26.0. The summed E-state index contributed by atoms with van der Waals surface area (Å²) in [4.78, 5) is 2.06. The van der Waals surface area contributed by atoms with Crippen LogP contribution in [0.3, 0.4) is 0 Å². The van der Waals surface area contributed by atoms with E-state index in [0.717, 1.165) is 28.4 Å². The van der Waals surface area contributed by atoms with Gasteiger partial charge in [-0.3, -0.25) is 0 Å². The van der Waals surface area contributed by atoms with Gasteiger partial charge in [0.05, 0.1) is 17.1 Å². The van der Waals surface area contributed by atoms with Crippen molar-refractivity contribution < 1.29 is 0 Å². The molecular formula is C36H52N4.